The molecule has 1 heterocycles. The van der Waals surface area contributed by atoms with Crippen LogP contribution in [0.15, 0.2) is 29.2 Å². The van der Waals surface area contributed by atoms with Crippen molar-refractivity contribution in [3.8, 4) is 0 Å². The molecule has 3 atom stereocenters. The van der Waals surface area contributed by atoms with Crippen LogP contribution in [0, 0.1) is 5.92 Å². The Hall–Kier alpha value is -0.710. The Morgan fingerprint density at radius 2 is 2.00 bits per heavy atom. The molecule has 22 heavy (non-hydrogen) atoms. The molecule has 3 unspecified atom stereocenters. The number of benzene rings is 1. The normalized spacial score (nSPS) is 27.4. The summed E-state index contributed by atoms with van der Waals surface area (Å²) in [7, 11) is 0. The molecule has 0 radical (unpaired) electrons. The summed E-state index contributed by atoms with van der Waals surface area (Å²) < 4.78 is 0. The zero-order valence-corrected chi connectivity index (χ0v) is 14.4. The van der Waals surface area contributed by atoms with Gasteiger partial charge >= 0.3 is 0 Å². The minimum atomic E-state index is 0. The lowest BCUT2D eigenvalue weighted by molar-refractivity contribution is -0.123. The van der Waals surface area contributed by atoms with Crippen molar-refractivity contribution in [1.82, 2.24) is 5.32 Å². The molecule has 122 valence electrons. The maximum absolute atomic E-state index is 12.4. The van der Waals surface area contributed by atoms with Crippen LogP contribution in [-0.4, -0.2) is 17.7 Å². The second kappa shape index (κ2) is 8.23. The van der Waals surface area contributed by atoms with Crippen molar-refractivity contribution in [1.29, 1.82) is 0 Å². The SMILES string of the molecule is Cl.NC1CCCCC1CC(=O)NC1CCSc2ccccc21. The summed E-state index contributed by atoms with van der Waals surface area (Å²) in [5.41, 5.74) is 7.43. The molecule has 1 aromatic rings. The molecule has 3 rings (SSSR count). The largest absolute Gasteiger partial charge is 0.349 e. The van der Waals surface area contributed by atoms with Crippen LogP contribution in [0.25, 0.3) is 0 Å². The molecule has 0 spiro atoms. The van der Waals surface area contributed by atoms with E-state index in [0.717, 1.165) is 25.0 Å². The zero-order valence-electron chi connectivity index (χ0n) is 12.8. The van der Waals surface area contributed by atoms with Gasteiger partial charge in [-0.15, -0.1) is 24.2 Å². The molecule has 3 nitrogen and oxygen atoms in total. The molecule has 1 saturated carbocycles. The van der Waals surface area contributed by atoms with E-state index in [0.29, 0.717) is 12.3 Å². The molecule has 1 fully saturated rings. The number of carbonyl (C=O) groups is 1. The molecule has 1 aromatic carbocycles. The molecule has 0 saturated heterocycles. The summed E-state index contributed by atoms with van der Waals surface area (Å²) in [6.07, 6.45) is 6.21. The van der Waals surface area contributed by atoms with Crippen LogP contribution in [0.2, 0.25) is 0 Å². The van der Waals surface area contributed by atoms with Crippen molar-refractivity contribution < 1.29 is 4.79 Å². The maximum atomic E-state index is 12.4. The fraction of sp³-hybridized carbons (Fsp3) is 0.588. The van der Waals surface area contributed by atoms with Gasteiger partial charge in [-0.3, -0.25) is 4.79 Å². The van der Waals surface area contributed by atoms with Gasteiger partial charge in [-0.05, 0) is 36.8 Å². The number of hydrogen-bond acceptors (Lipinski definition) is 3. The van der Waals surface area contributed by atoms with Crippen LogP contribution in [0.3, 0.4) is 0 Å². The van der Waals surface area contributed by atoms with Gasteiger partial charge in [0.1, 0.15) is 0 Å². The topological polar surface area (TPSA) is 55.1 Å². The summed E-state index contributed by atoms with van der Waals surface area (Å²) in [5, 5.41) is 3.24. The van der Waals surface area contributed by atoms with E-state index in [-0.39, 0.29) is 30.4 Å². The predicted molar refractivity (Wildman–Crippen MR) is 94.5 cm³/mol. The van der Waals surface area contributed by atoms with Crippen molar-refractivity contribution in [3.63, 3.8) is 0 Å². The van der Waals surface area contributed by atoms with Gasteiger partial charge in [0.2, 0.25) is 5.91 Å². The first-order chi connectivity index (χ1) is 10.2. The third-order valence-electron chi connectivity index (χ3n) is 4.71. The first-order valence-electron chi connectivity index (χ1n) is 8.00. The molecule has 1 aliphatic heterocycles. The van der Waals surface area contributed by atoms with E-state index in [1.165, 1.54) is 23.3 Å². The highest BCUT2D eigenvalue weighted by molar-refractivity contribution is 7.99. The van der Waals surface area contributed by atoms with Gasteiger partial charge in [0.15, 0.2) is 0 Å². The number of thioether (sulfide) groups is 1. The number of fused-ring (bicyclic) bond motifs is 1. The lowest BCUT2D eigenvalue weighted by Crippen LogP contribution is -2.38. The van der Waals surface area contributed by atoms with Gasteiger partial charge in [0.25, 0.3) is 0 Å². The Kier molecular flexibility index (Phi) is 6.60. The van der Waals surface area contributed by atoms with E-state index in [1.807, 2.05) is 11.8 Å². The molecule has 5 heteroatoms. The summed E-state index contributed by atoms with van der Waals surface area (Å²) in [6.45, 7) is 0. The highest BCUT2D eigenvalue weighted by atomic mass is 35.5. The van der Waals surface area contributed by atoms with Crippen molar-refractivity contribution >= 4 is 30.1 Å². The molecule has 1 aliphatic carbocycles. The van der Waals surface area contributed by atoms with Gasteiger partial charge in [-0.2, -0.15) is 0 Å². The van der Waals surface area contributed by atoms with E-state index >= 15 is 0 Å². The Morgan fingerprint density at radius 3 is 2.82 bits per heavy atom. The van der Waals surface area contributed by atoms with Crippen LogP contribution in [0.1, 0.15) is 50.1 Å². The third-order valence-corrected chi connectivity index (χ3v) is 5.83. The van der Waals surface area contributed by atoms with Crippen LogP contribution < -0.4 is 11.1 Å². The minimum Gasteiger partial charge on any atom is -0.349 e. The summed E-state index contributed by atoms with van der Waals surface area (Å²) in [6, 6.07) is 8.79. The second-order valence-electron chi connectivity index (χ2n) is 6.21. The fourth-order valence-electron chi connectivity index (χ4n) is 3.47. The average molecular weight is 341 g/mol. The summed E-state index contributed by atoms with van der Waals surface area (Å²) in [5.74, 6) is 1.61. The summed E-state index contributed by atoms with van der Waals surface area (Å²) in [4.78, 5) is 13.7. The first kappa shape index (κ1) is 17.6. The molecule has 0 bridgehead atoms. The predicted octanol–water partition coefficient (Wildman–Crippen LogP) is 3.67. The highest BCUT2D eigenvalue weighted by Crippen LogP contribution is 2.36. The lowest BCUT2D eigenvalue weighted by atomic mass is 9.83. The Bertz CT molecular complexity index is 511. The number of nitrogens with one attached hydrogen (secondary N) is 1. The van der Waals surface area contributed by atoms with Crippen LogP contribution in [0.5, 0.6) is 0 Å². The van der Waals surface area contributed by atoms with Gasteiger partial charge in [-0.25, -0.2) is 0 Å². The monoisotopic (exact) mass is 340 g/mol. The minimum absolute atomic E-state index is 0. The molecule has 0 aromatic heterocycles. The average Bonchev–Trinajstić information content (AvgIpc) is 2.50. The van der Waals surface area contributed by atoms with Crippen LogP contribution in [0.4, 0.5) is 0 Å². The van der Waals surface area contributed by atoms with Crippen molar-refractivity contribution in [3.05, 3.63) is 29.8 Å². The quantitative estimate of drug-likeness (QED) is 0.882. The number of hydrogen-bond donors (Lipinski definition) is 2. The third kappa shape index (κ3) is 4.18. The van der Waals surface area contributed by atoms with Gasteiger partial charge in [0.05, 0.1) is 6.04 Å². The zero-order chi connectivity index (χ0) is 14.7. The van der Waals surface area contributed by atoms with E-state index < -0.39 is 0 Å². The number of nitrogens with two attached hydrogens (primary N) is 1. The van der Waals surface area contributed by atoms with Crippen molar-refractivity contribution in [2.45, 2.75) is 55.5 Å². The highest BCUT2D eigenvalue weighted by Gasteiger charge is 2.26. The van der Waals surface area contributed by atoms with E-state index in [1.54, 1.807) is 0 Å². The maximum Gasteiger partial charge on any atom is 0.220 e. The first-order valence-corrected chi connectivity index (χ1v) is 8.99. The van der Waals surface area contributed by atoms with Crippen molar-refractivity contribution in [2.75, 3.05) is 5.75 Å². The molecule has 2 aliphatic rings. The smallest absolute Gasteiger partial charge is 0.220 e. The summed E-state index contributed by atoms with van der Waals surface area (Å²) >= 11 is 1.88. The molecular weight excluding hydrogens is 316 g/mol. The fourth-order valence-corrected chi connectivity index (χ4v) is 4.60. The van der Waals surface area contributed by atoms with Crippen LogP contribution >= 0.6 is 24.2 Å². The lowest BCUT2D eigenvalue weighted by Gasteiger charge is -2.30. The number of amides is 1. The van der Waals surface area contributed by atoms with Gasteiger partial charge in [-0.1, -0.05) is 31.0 Å². The Morgan fingerprint density at radius 1 is 1.23 bits per heavy atom. The number of carbonyl (C=O) groups excluding carboxylic acids is 1. The van der Waals surface area contributed by atoms with Gasteiger partial charge < -0.3 is 11.1 Å². The number of halogens is 1. The van der Waals surface area contributed by atoms with E-state index in [4.69, 9.17) is 5.73 Å². The van der Waals surface area contributed by atoms with E-state index in [9.17, 15) is 4.79 Å². The Labute approximate surface area is 143 Å². The molecule has 3 N–H and O–H groups in total. The molecule has 1 amide bonds. The standard InChI is InChI=1S/C17H24N2OS.ClH/c18-14-7-3-1-5-12(14)11-17(20)19-15-9-10-21-16-8-4-2-6-13(15)16;/h2,4,6,8,12,14-15H,1,3,5,7,9-11,18H2,(H,19,20);1H. The Balaban J connectivity index is 0.00000176. The van der Waals surface area contributed by atoms with Crippen molar-refractivity contribution in [2.24, 2.45) is 11.7 Å². The van der Waals surface area contributed by atoms with Gasteiger partial charge in [0, 0.05) is 23.1 Å². The number of rotatable bonds is 3. The van der Waals surface area contributed by atoms with Crippen LogP contribution in [-0.2, 0) is 4.79 Å². The second-order valence-corrected chi connectivity index (χ2v) is 7.34. The molecular formula is C17H25ClN2OS. The van der Waals surface area contributed by atoms with E-state index in [2.05, 4.69) is 29.6 Å².